The molecule has 2 atom stereocenters. The quantitative estimate of drug-likeness (QED) is 0.791. The van der Waals surface area contributed by atoms with Crippen molar-refractivity contribution in [3.05, 3.63) is 0 Å². The molecule has 2 aliphatic rings. The van der Waals surface area contributed by atoms with Crippen molar-refractivity contribution >= 4 is 0 Å². The highest BCUT2D eigenvalue weighted by molar-refractivity contribution is 5.03. The minimum atomic E-state index is 0.266. The zero-order chi connectivity index (χ0) is 11.6. The Morgan fingerprint density at radius 2 is 2.19 bits per heavy atom. The van der Waals surface area contributed by atoms with E-state index in [9.17, 15) is 0 Å². The smallest absolute Gasteiger partial charge is 0.0674 e. The van der Waals surface area contributed by atoms with Crippen LogP contribution in [-0.4, -0.2) is 42.8 Å². The van der Waals surface area contributed by atoms with Crippen LogP contribution in [0.5, 0.6) is 0 Å². The molecule has 0 aromatic heterocycles. The van der Waals surface area contributed by atoms with Crippen LogP contribution in [0.2, 0.25) is 0 Å². The molecule has 16 heavy (non-hydrogen) atoms. The van der Waals surface area contributed by atoms with Crippen molar-refractivity contribution in [2.45, 2.75) is 51.2 Å². The highest BCUT2D eigenvalue weighted by Crippen LogP contribution is 2.45. The van der Waals surface area contributed by atoms with Gasteiger partial charge < -0.3 is 10.5 Å². The fourth-order valence-corrected chi connectivity index (χ4v) is 3.23. The van der Waals surface area contributed by atoms with Gasteiger partial charge in [0.25, 0.3) is 0 Å². The second-order valence-corrected chi connectivity index (χ2v) is 5.42. The van der Waals surface area contributed by atoms with E-state index in [1.54, 1.807) is 0 Å². The molecule has 94 valence electrons. The molecule has 2 fully saturated rings. The van der Waals surface area contributed by atoms with Gasteiger partial charge in [-0.3, -0.25) is 4.90 Å². The summed E-state index contributed by atoms with van der Waals surface area (Å²) in [6.07, 6.45) is 5.44. The number of rotatable bonds is 4. The average molecular weight is 226 g/mol. The minimum absolute atomic E-state index is 0.266. The highest BCUT2D eigenvalue weighted by Gasteiger charge is 2.47. The fraction of sp³-hybridized carbons (Fsp3) is 1.00. The zero-order valence-corrected chi connectivity index (χ0v) is 10.7. The molecule has 2 rings (SSSR count). The van der Waals surface area contributed by atoms with Crippen molar-refractivity contribution in [3.8, 4) is 0 Å². The Balaban J connectivity index is 2.10. The average Bonchev–Trinajstić information content (AvgIpc) is 3.09. The van der Waals surface area contributed by atoms with Crippen LogP contribution in [0, 0.1) is 5.92 Å². The van der Waals surface area contributed by atoms with Crippen LogP contribution < -0.4 is 5.73 Å². The summed E-state index contributed by atoms with van der Waals surface area (Å²) in [6.45, 7) is 8.41. The van der Waals surface area contributed by atoms with E-state index in [-0.39, 0.29) is 5.54 Å². The van der Waals surface area contributed by atoms with Gasteiger partial charge in [-0.05, 0) is 38.5 Å². The zero-order valence-electron chi connectivity index (χ0n) is 10.7. The molecule has 1 saturated carbocycles. The van der Waals surface area contributed by atoms with Gasteiger partial charge in [-0.1, -0.05) is 6.92 Å². The molecule has 1 saturated heterocycles. The lowest BCUT2D eigenvalue weighted by Gasteiger charge is -2.43. The summed E-state index contributed by atoms with van der Waals surface area (Å²) in [7, 11) is 0. The summed E-state index contributed by atoms with van der Waals surface area (Å²) >= 11 is 0. The van der Waals surface area contributed by atoms with Gasteiger partial charge in [-0.15, -0.1) is 0 Å². The Morgan fingerprint density at radius 3 is 2.75 bits per heavy atom. The largest absolute Gasteiger partial charge is 0.377 e. The summed E-state index contributed by atoms with van der Waals surface area (Å²) in [5, 5.41) is 0. The van der Waals surface area contributed by atoms with Crippen LogP contribution in [0.25, 0.3) is 0 Å². The van der Waals surface area contributed by atoms with Crippen LogP contribution in [0.4, 0.5) is 0 Å². The Morgan fingerprint density at radius 1 is 1.44 bits per heavy atom. The Kier molecular flexibility index (Phi) is 3.88. The number of nitrogens with zero attached hydrogens (tertiary/aromatic N) is 1. The molecule has 0 radical (unpaired) electrons. The first-order chi connectivity index (χ1) is 7.73. The third-order valence-electron chi connectivity index (χ3n) is 4.39. The lowest BCUT2D eigenvalue weighted by molar-refractivity contribution is 0.0264. The highest BCUT2D eigenvalue weighted by atomic mass is 16.5. The standard InChI is InChI=1S/C13H26N2O/c1-3-13(10-14,12-5-6-12)15-7-4-8-16-11(2)9-15/h11-12H,3-10,14H2,1-2H3. The summed E-state index contributed by atoms with van der Waals surface area (Å²) in [5.74, 6) is 0.841. The van der Waals surface area contributed by atoms with E-state index in [4.69, 9.17) is 10.5 Å². The van der Waals surface area contributed by atoms with Crippen LogP contribution >= 0.6 is 0 Å². The van der Waals surface area contributed by atoms with Crippen LogP contribution in [0.15, 0.2) is 0 Å². The first-order valence-corrected chi connectivity index (χ1v) is 6.79. The Bertz CT molecular complexity index is 224. The molecule has 0 bridgehead atoms. The first-order valence-electron chi connectivity index (χ1n) is 6.79. The van der Waals surface area contributed by atoms with Gasteiger partial charge in [0.2, 0.25) is 0 Å². The molecule has 1 aliphatic carbocycles. The molecule has 0 aromatic rings. The van der Waals surface area contributed by atoms with Crippen LogP contribution in [0.3, 0.4) is 0 Å². The van der Waals surface area contributed by atoms with Crippen molar-refractivity contribution in [1.82, 2.24) is 4.90 Å². The number of ether oxygens (including phenoxy) is 1. The summed E-state index contributed by atoms with van der Waals surface area (Å²) in [4.78, 5) is 2.63. The summed E-state index contributed by atoms with van der Waals surface area (Å²) in [5.41, 5.74) is 6.37. The SMILES string of the molecule is CCC(CN)(C1CC1)N1CCCOC(C)C1. The number of hydrogen-bond donors (Lipinski definition) is 1. The van der Waals surface area contributed by atoms with E-state index >= 15 is 0 Å². The summed E-state index contributed by atoms with van der Waals surface area (Å²) < 4.78 is 5.73. The predicted molar refractivity (Wildman–Crippen MR) is 66.4 cm³/mol. The van der Waals surface area contributed by atoms with E-state index in [0.717, 1.165) is 38.6 Å². The van der Waals surface area contributed by atoms with E-state index in [1.165, 1.54) is 19.3 Å². The van der Waals surface area contributed by atoms with Crippen molar-refractivity contribution in [3.63, 3.8) is 0 Å². The topological polar surface area (TPSA) is 38.5 Å². The second-order valence-electron chi connectivity index (χ2n) is 5.42. The molecule has 2 N–H and O–H groups in total. The monoisotopic (exact) mass is 226 g/mol. The molecule has 0 aromatic carbocycles. The van der Waals surface area contributed by atoms with Gasteiger partial charge >= 0.3 is 0 Å². The third-order valence-corrected chi connectivity index (χ3v) is 4.39. The van der Waals surface area contributed by atoms with Crippen LogP contribution in [-0.2, 0) is 4.74 Å². The van der Waals surface area contributed by atoms with E-state index in [2.05, 4.69) is 18.7 Å². The molecule has 0 spiro atoms. The van der Waals surface area contributed by atoms with Crippen molar-refractivity contribution in [2.24, 2.45) is 11.7 Å². The lowest BCUT2D eigenvalue weighted by atomic mass is 9.87. The molecular formula is C13H26N2O. The van der Waals surface area contributed by atoms with Crippen LogP contribution in [0.1, 0.15) is 39.5 Å². The van der Waals surface area contributed by atoms with E-state index in [1.807, 2.05) is 0 Å². The van der Waals surface area contributed by atoms with Gasteiger partial charge in [-0.25, -0.2) is 0 Å². The molecule has 1 aliphatic heterocycles. The van der Waals surface area contributed by atoms with Gasteiger partial charge in [0.05, 0.1) is 6.10 Å². The summed E-state index contributed by atoms with van der Waals surface area (Å²) in [6, 6.07) is 0. The number of nitrogens with two attached hydrogens (primary N) is 1. The fourth-order valence-electron chi connectivity index (χ4n) is 3.23. The van der Waals surface area contributed by atoms with Crippen molar-refractivity contribution in [2.75, 3.05) is 26.2 Å². The van der Waals surface area contributed by atoms with Crippen molar-refractivity contribution in [1.29, 1.82) is 0 Å². The van der Waals surface area contributed by atoms with Crippen molar-refractivity contribution < 1.29 is 4.74 Å². The second kappa shape index (κ2) is 5.03. The van der Waals surface area contributed by atoms with Gasteiger partial charge in [0.1, 0.15) is 0 Å². The molecule has 3 heteroatoms. The maximum Gasteiger partial charge on any atom is 0.0674 e. The van der Waals surface area contributed by atoms with E-state index < -0.39 is 0 Å². The molecule has 3 nitrogen and oxygen atoms in total. The van der Waals surface area contributed by atoms with Gasteiger partial charge in [0, 0.05) is 31.8 Å². The molecule has 2 unspecified atom stereocenters. The number of hydrogen-bond acceptors (Lipinski definition) is 3. The Hall–Kier alpha value is -0.120. The normalized spacial score (nSPS) is 32.1. The third kappa shape index (κ3) is 2.27. The molecule has 1 heterocycles. The maximum atomic E-state index is 6.10. The maximum absolute atomic E-state index is 6.10. The minimum Gasteiger partial charge on any atom is -0.377 e. The predicted octanol–water partition coefficient (Wildman–Crippen LogP) is 1.61. The van der Waals surface area contributed by atoms with Gasteiger partial charge in [-0.2, -0.15) is 0 Å². The molecule has 0 amide bonds. The Labute approximate surface area is 99.3 Å². The lowest BCUT2D eigenvalue weighted by Crippen LogP contribution is -2.56. The first kappa shape index (κ1) is 12.3. The van der Waals surface area contributed by atoms with E-state index in [0.29, 0.717) is 6.10 Å². The van der Waals surface area contributed by atoms with Gasteiger partial charge in [0.15, 0.2) is 0 Å². The molecular weight excluding hydrogens is 200 g/mol.